The SMILES string of the molecule is CCC(C)C(NC(=O)C(CCC(N)=O)NC(=O)C1CCCN1)C(=O)NC(CCCCN)C(=O)O. The third-order valence-electron chi connectivity index (χ3n) is 6.04. The summed E-state index contributed by atoms with van der Waals surface area (Å²) in [5, 5.41) is 20.3. The van der Waals surface area contributed by atoms with E-state index in [9.17, 15) is 29.1 Å². The van der Waals surface area contributed by atoms with Crippen LogP contribution in [0.2, 0.25) is 0 Å². The van der Waals surface area contributed by atoms with Crippen molar-refractivity contribution in [3.63, 3.8) is 0 Å². The molecule has 0 aromatic heterocycles. The van der Waals surface area contributed by atoms with Gasteiger partial charge in [-0.3, -0.25) is 19.2 Å². The largest absolute Gasteiger partial charge is 0.480 e. The Labute approximate surface area is 200 Å². The zero-order valence-corrected chi connectivity index (χ0v) is 20.1. The summed E-state index contributed by atoms with van der Waals surface area (Å²) in [6, 6.07) is -3.63. The van der Waals surface area contributed by atoms with Gasteiger partial charge in [-0.15, -0.1) is 0 Å². The number of nitrogens with one attached hydrogen (secondary N) is 4. The predicted octanol–water partition coefficient (Wildman–Crippen LogP) is -1.28. The fourth-order valence-electron chi connectivity index (χ4n) is 3.70. The van der Waals surface area contributed by atoms with Crippen LogP contribution in [-0.2, 0) is 24.0 Å². The van der Waals surface area contributed by atoms with Gasteiger partial charge in [-0.25, -0.2) is 4.79 Å². The lowest BCUT2D eigenvalue weighted by Crippen LogP contribution is -2.58. The number of carbonyl (C=O) groups excluding carboxylic acids is 4. The van der Waals surface area contributed by atoms with Gasteiger partial charge < -0.3 is 37.8 Å². The number of carboxylic acid groups (broad SMARTS) is 1. The van der Waals surface area contributed by atoms with Gasteiger partial charge in [0.25, 0.3) is 0 Å². The van der Waals surface area contributed by atoms with Crippen molar-refractivity contribution >= 4 is 29.6 Å². The first kappa shape index (κ1) is 29.3. The molecule has 1 fully saturated rings. The van der Waals surface area contributed by atoms with Gasteiger partial charge in [0.05, 0.1) is 6.04 Å². The minimum Gasteiger partial charge on any atom is -0.480 e. The molecule has 9 N–H and O–H groups in total. The Morgan fingerprint density at radius 2 is 1.74 bits per heavy atom. The molecule has 12 nitrogen and oxygen atoms in total. The van der Waals surface area contributed by atoms with Gasteiger partial charge in [0.15, 0.2) is 0 Å². The fraction of sp³-hybridized carbons (Fsp3) is 0.773. The minimum atomic E-state index is -1.17. The number of hydrogen-bond acceptors (Lipinski definition) is 7. The summed E-state index contributed by atoms with van der Waals surface area (Å²) < 4.78 is 0. The van der Waals surface area contributed by atoms with Crippen LogP contribution >= 0.6 is 0 Å². The van der Waals surface area contributed by atoms with E-state index in [0.717, 1.165) is 6.42 Å². The van der Waals surface area contributed by atoms with Gasteiger partial charge >= 0.3 is 5.97 Å². The van der Waals surface area contributed by atoms with Crippen molar-refractivity contribution in [2.75, 3.05) is 13.1 Å². The van der Waals surface area contributed by atoms with E-state index in [2.05, 4.69) is 21.3 Å². The second-order valence-corrected chi connectivity index (χ2v) is 8.77. The Morgan fingerprint density at radius 1 is 1.03 bits per heavy atom. The Morgan fingerprint density at radius 3 is 2.26 bits per heavy atom. The molecule has 0 aliphatic carbocycles. The highest BCUT2D eigenvalue weighted by molar-refractivity contribution is 5.94. The molecule has 0 spiro atoms. The number of aliphatic carboxylic acids is 1. The van der Waals surface area contributed by atoms with Crippen LogP contribution in [0, 0.1) is 5.92 Å². The smallest absolute Gasteiger partial charge is 0.326 e. The third kappa shape index (κ3) is 10.0. The maximum absolute atomic E-state index is 13.1. The molecule has 1 heterocycles. The van der Waals surface area contributed by atoms with Crippen LogP contribution in [0.1, 0.15) is 65.2 Å². The summed E-state index contributed by atoms with van der Waals surface area (Å²) in [6.45, 7) is 4.71. The van der Waals surface area contributed by atoms with Crippen LogP contribution in [0.15, 0.2) is 0 Å². The highest BCUT2D eigenvalue weighted by atomic mass is 16.4. The van der Waals surface area contributed by atoms with Gasteiger partial charge in [-0.2, -0.15) is 0 Å². The van der Waals surface area contributed by atoms with Crippen LogP contribution in [0.3, 0.4) is 0 Å². The van der Waals surface area contributed by atoms with E-state index in [-0.39, 0.29) is 31.1 Å². The second-order valence-electron chi connectivity index (χ2n) is 8.77. The third-order valence-corrected chi connectivity index (χ3v) is 6.04. The molecule has 1 rings (SSSR count). The highest BCUT2D eigenvalue weighted by Gasteiger charge is 2.33. The van der Waals surface area contributed by atoms with Crippen molar-refractivity contribution < 1.29 is 29.1 Å². The summed E-state index contributed by atoms with van der Waals surface area (Å²) in [7, 11) is 0. The van der Waals surface area contributed by atoms with Gasteiger partial charge in [-0.05, 0) is 57.5 Å². The van der Waals surface area contributed by atoms with Crippen molar-refractivity contribution in [1.29, 1.82) is 0 Å². The Balaban J connectivity index is 2.93. The zero-order chi connectivity index (χ0) is 25.7. The monoisotopic (exact) mass is 484 g/mol. The van der Waals surface area contributed by atoms with Crippen LogP contribution in [0.25, 0.3) is 0 Å². The van der Waals surface area contributed by atoms with E-state index in [1.807, 2.05) is 6.92 Å². The molecular formula is C22H40N6O6. The molecule has 0 aromatic rings. The maximum atomic E-state index is 13.1. The van der Waals surface area contributed by atoms with Gasteiger partial charge in [0.2, 0.25) is 23.6 Å². The molecule has 0 bridgehead atoms. The van der Waals surface area contributed by atoms with E-state index in [4.69, 9.17) is 11.5 Å². The number of unbranched alkanes of at least 4 members (excludes halogenated alkanes) is 1. The van der Waals surface area contributed by atoms with Gasteiger partial charge in [0.1, 0.15) is 18.1 Å². The molecule has 1 aliphatic heterocycles. The lowest BCUT2D eigenvalue weighted by Gasteiger charge is -2.28. The molecule has 1 aliphatic rings. The van der Waals surface area contributed by atoms with E-state index in [1.54, 1.807) is 6.92 Å². The lowest BCUT2D eigenvalue weighted by molar-refractivity contribution is -0.143. The first-order valence-corrected chi connectivity index (χ1v) is 12.0. The summed E-state index contributed by atoms with van der Waals surface area (Å²) in [6.07, 6.45) is 3.23. The van der Waals surface area contributed by atoms with E-state index in [1.165, 1.54) is 0 Å². The highest BCUT2D eigenvalue weighted by Crippen LogP contribution is 2.12. The molecule has 5 atom stereocenters. The molecule has 194 valence electrons. The molecular weight excluding hydrogens is 444 g/mol. The number of carbonyl (C=O) groups is 5. The molecule has 4 amide bonds. The number of rotatable bonds is 16. The van der Waals surface area contributed by atoms with Crippen molar-refractivity contribution in [1.82, 2.24) is 21.3 Å². The summed E-state index contributed by atoms with van der Waals surface area (Å²) in [4.78, 5) is 61.4. The van der Waals surface area contributed by atoms with Crippen molar-refractivity contribution in [3.8, 4) is 0 Å². The van der Waals surface area contributed by atoms with Gasteiger partial charge in [0, 0.05) is 6.42 Å². The standard InChI is InChI=1S/C22H40N6O6/c1-3-13(2)18(21(32)27-16(22(33)34)7-4-5-11-23)28-20(31)15(9-10-17(24)29)26-19(30)14-8-6-12-25-14/h13-16,18,25H,3-12,23H2,1-2H3,(H2,24,29)(H,26,30)(H,27,32)(H,28,31)(H,33,34). The number of carboxylic acids is 1. The Kier molecular flexibility index (Phi) is 13.1. The quantitative estimate of drug-likeness (QED) is 0.131. The topological polar surface area (TPSA) is 206 Å². The number of primary amides is 1. The molecule has 1 saturated heterocycles. The molecule has 0 saturated carbocycles. The summed E-state index contributed by atoms with van der Waals surface area (Å²) in [5.74, 6) is -3.73. The average Bonchev–Trinajstić information content (AvgIpc) is 3.33. The van der Waals surface area contributed by atoms with Crippen molar-refractivity contribution in [2.24, 2.45) is 17.4 Å². The van der Waals surface area contributed by atoms with Crippen LogP contribution < -0.4 is 32.7 Å². The van der Waals surface area contributed by atoms with E-state index < -0.39 is 47.9 Å². The first-order valence-electron chi connectivity index (χ1n) is 12.0. The lowest BCUT2D eigenvalue weighted by atomic mass is 9.96. The summed E-state index contributed by atoms with van der Waals surface area (Å²) >= 11 is 0. The van der Waals surface area contributed by atoms with Crippen molar-refractivity contribution in [2.45, 2.75) is 89.4 Å². The molecule has 0 aromatic carbocycles. The summed E-state index contributed by atoms with van der Waals surface area (Å²) in [5.41, 5.74) is 10.7. The minimum absolute atomic E-state index is 0.0225. The van der Waals surface area contributed by atoms with Crippen LogP contribution in [-0.4, -0.2) is 72.0 Å². The Hall–Kier alpha value is -2.73. The Bertz CT molecular complexity index is 712. The zero-order valence-electron chi connectivity index (χ0n) is 20.1. The van der Waals surface area contributed by atoms with Crippen LogP contribution in [0.5, 0.6) is 0 Å². The van der Waals surface area contributed by atoms with Crippen molar-refractivity contribution in [3.05, 3.63) is 0 Å². The molecule has 5 unspecified atom stereocenters. The first-order chi connectivity index (χ1) is 16.1. The molecule has 12 heteroatoms. The number of nitrogens with two attached hydrogens (primary N) is 2. The second kappa shape index (κ2) is 15.2. The normalized spacial score (nSPS) is 18.9. The van der Waals surface area contributed by atoms with Gasteiger partial charge in [-0.1, -0.05) is 20.3 Å². The number of amides is 4. The van der Waals surface area contributed by atoms with E-state index >= 15 is 0 Å². The predicted molar refractivity (Wildman–Crippen MR) is 125 cm³/mol. The molecule has 0 radical (unpaired) electrons. The maximum Gasteiger partial charge on any atom is 0.326 e. The van der Waals surface area contributed by atoms with E-state index in [0.29, 0.717) is 38.8 Å². The van der Waals surface area contributed by atoms with Crippen LogP contribution in [0.4, 0.5) is 0 Å². The molecule has 34 heavy (non-hydrogen) atoms. The average molecular weight is 485 g/mol. The fourth-order valence-corrected chi connectivity index (χ4v) is 3.70. The number of hydrogen-bond donors (Lipinski definition) is 7.